The van der Waals surface area contributed by atoms with Crippen molar-refractivity contribution >= 4 is 33.1 Å². The predicted octanol–water partition coefficient (Wildman–Crippen LogP) is 7.80. The minimum absolute atomic E-state index is 0.0175. The third-order valence-electron chi connectivity index (χ3n) is 9.28. The Bertz CT molecular complexity index is 2270. The van der Waals surface area contributed by atoms with Crippen LogP contribution in [0.5, 0.6) is 5.75 Å². The highest BCUT2D eigenvalue weighted by molar-refractivity contribution is 7.22. The number of carbonyl (C=O) groups is 1. The number of fused-ring (bicyclic) bond motifs is 5. The number of nitrogens with zero attached hydrogens (tertiary/aromatic N) is 5. The number of benzene rings is 2. The molecule has 0 saturated carbocycles. The van der Waals surface area contributed by atoms with Crippen molar-refractivity contribution in [3.63, 3.8) is 0 Å². The standard InChI is InChI=1S/C28H23FN6O2S.C9H8F2O/c1-14-33-34-27(37-14)21-18(9-6-15-4-7-17(29)8-5-15)32-24-19-3-2-12-35(19)28(36)23(24)22(21)20-13-16-10-11-31-26(30)25(16)38-20;10-7-4-6-2-1-3-12-9(6)8(11)5-7/h4-5,7-8,10-11,13,19H,2-3,6,9,12H2,1H3,(H2,30,31);4-5H,1-3H2. The number of halogens is 3. The zero-order chi connectivity index (χ0) is 34.5. The van der Waals surface area contributed by atoms with Crippen LogP contribution in [-0.4, -0.2) is 44.1 Å². The lowest BCUT2D eigenvalue weighted by molar-refractivity contribution is 0.0776. The van der Waals surface area contributed by atoms with Gasteiger partial charge in [-0.3, -0.25) is 9.78 Å². The second-order valence-electron chi connectivity index (χ2n) is 12.5. The quantitative estimate of drug-likeness (QED) is 0.194. The van der Waals surface area contributed by atoms with Gasteiger partial charge in [-0.05, 0) is 79.8 Å². The fraction of sp³-hybridized carbons (Fsp3) is 0.270. The number of aromatic nitrogens is 4. The monoisotopic (exact) mass is 696 g/mol. The minimum Gasteiger partial charge on any atom is -0.490 e. The second-order valence-corrected chi connectivity index (χ2v) is 13.6. The van der Waals surface area contributed by atoms with Gasteiger partial charge in [-0.1, -0.05) is 12.1 Å². The molecule has 13 heteroatoms. The number of carbonyl (C=O) groups excluding carboxylic acids is 1. The summed E-state index contributed by atoms with van der Waals surface area (Å²) >= 11 is 1.50. The van der Waals surface area contributed by atoms with Crippen LogP contribution in [0.25, 0.3) is 32.0 Å². The molecule has 1 saturated heterocycles. The van der Waals surface area contributed by atoms with Gasteiger partial charge in [0.15, 0.2) is 11.6 Å². The van der Waals surface area contributed by atoms with E-state index in [2.05, 4.69) is 15.2 Å². The van der Waals surface area contributed by atoms with Gasteiger partial charge in [-0.25, -0.2) is 18.2 Å². The first-order valence-electron chi connectivity index (χ1n) is 16.4. The Morgan fingerprint density at radius 1 is 0.980 bits per heavy atom. The number of ether oxygens (including phenoxy) is 1. The van der Waals surface area contributed by atoms with Gasteiger partial charge in [0.2, 0.25) is 11.8 Å². The third-order valence-corrected chi connectivity index (χ3v) is 10.5. The molecule has 0 spiro atoms. The Kier molecular flexibility index (Phi) is 8.22. The Balaban J connectivity index is 0.000000254. The molecule has 0 bridgehead atoms. The first-order valence-corrected chi connectivity index (χ1v) is 17.2. The van der Waals surface area contributed by atoms with E-state index in [4.69, 9.17) is 19.9 Å². The predicted molar refractivity (Wildman–Crippen MR) is 182 cm³/mol. The molecule has 6 aromatic rings. The Morgan fingerprint density at radius 3 is 2.60 bits per heavy atom. The SMILES string of the molecule is Cc1nnc(-c2c(CCc3ccc(F)cc3)nc3c(c2-c2cc4ccnc(N)c4s2)C(=O)N2CCCC32)o1.Fc1cc(F)c2c(c1)CCCO2. The van der Waals surface area contributed by atoms with Gasteiger partial charge in [0, 0.05) is 41.7 Å². The largest absolute Gasteiger partial charge is 0.490 e. The molecule has 0 aliphatic carbocycles. The maximum absolute atomic E-state index is 13.8. The molecular weight excluding hydrogens is 666 g/mol. The highest BCUT2D eigenvalue weighted by Gasteiger charge is 2.44. The van der Waals surface area contributed by atoms with E-state index in [0.29, 0.717) is 66.7 Å². The molecule has 2 aromatic carbocycles. The summed E-state index contributed by atoms with van der Waals surface area (Å²) in [5.41, 5.74) is 11.4. The Labute approximate surface area is 288 Å². The first-order chi connectivity index (χ1) is 24.2. The molecule has 4 aromatic heterocycles. The van der Waals surface area contributed by atoms with Crippen LogP contribution in [0.4, 0.5) is 19.0 Å². The van der Waals surface area contributed by atoms with Gasteiger partial charge < -0.3 is 19.8 Å². The van der Waals surface area contributed by atoms with Gasteiger partial charge in [-0.15, -0.1) is 21.5 Å². The summed E-state index contributed by atoms with van der Waals surface area (Å²) in [5.74, 6) is 0.00778. The van der Waals surface area contributed by atoms with Crippen molar-refractivity contribution < 1.29 is 27.1 Å². The number of pyridine rings is 2. The lowest BCUT2D eigenvalue weighted by Crippen LogP contribution is -2.22. The second kappa shape index (κ2) is 12.9. The normalized spacial score (nSPS) is 16.1. The van der Waals surface area contributed by atoms with Crippen LogP contribution < -0.4 is 10.5 Å². The van der Waals surface area contributed by atoms with E-state index < -0.39 is 11.6 Å². The van der Waals surface area contributed by atoms with Crippen molar-refractivity contribution in [2.24, 2.45) is 0 Å². The lowest BCUT2D eigenvalue weighted by Gasteiger charge is -2.17. The number of nitrogen functional groups attached to an aromatic ring is 1. The van der Waals surface area contributed by atoms with E-state index in [1.165, 1.54) is 29.5 Å². The van der Waals surface area contributed by atoms with E-state index in [-0.39, 0.29) is 23.5 Å². The molecule has 7 heterocycles. The van der Waals surface area contributed by atoms with Crippen molar-refractivity contribution in [1.82, 2.24) is 25.1 Å². The fourth-order valence-corrected chi connectivity index (χ4v) is 8.14. The van der Waals surface area contributed by atoms with Crippen LogP contribution in [0.2, 0.25) is 0 Å². The number of hydrogen-bond acceptors (Lipinski definition) is 9. The summed E-state index contributed by atoms with van der Waals surface area (Å²) in [4.78, 5) is 26.0. The molecule has 50 heavy (non-hydrogen) atoms. The average molecular weight is 697 g/mol. The summed E-state index contributed by atoms with van der Waals surface area (Å²) in [6.45, 7) is 2.97. The van der Waals surface area contributed by atoms with E-state index in [1.807, 2.05) is 17.0 Å². The minimum atomic E-state index is -0.593. The van der Waals surface area contributed by atoms with Crippen molar-refractivity contribution in [3.05, 3.63) is 106 Å². The van der Waals surface area contributed by atoms with Crippen molar-refractivity contribution in [1.29, 1.82) is 0 Å². The van der Waals surface area contributed by atoms with E-state index in [0.717, 1.165) is 62.8 Å². The van der Waals surface area contributed by atoms with Gasteiger partial charge >= 0.3 is 0 Å². The molecule has 1 unspecified atom stereocenters. The maximum Gasteiger partial charge on any atom is 0.257 e. The molecule has 0 radical (unpaired) electrons. The topological polar surface area (TPSA) is 120 Å². The molecule has 9 nitrogen and oxygen atoms in total. The molecule has 1 amide bonds. The lowest BCUT2D eigenvalue weighted by atomic mass is 9.93. The van der Waals surface area contributed by atoms with Crippen LogP contribution in [0.15, 0.2) is 59.1 Å². The Morgan fingerprint density at radius 2 is 1.82 bits per heavy atom. The zero-order valence-corrected chi connectivity index (χ0v) is 27.8. The van der Waals surface area contributed by atoms with Crippen LogP contribution in [0.3, 0.4) is 0 Å². The third kappa shape index (κ3) is 5.74. The summed E-state index contributed by atoms with van der Waals surface area (Å²) < 4.78 is 51.0. The zero-order valence-electron chi connectivity index (χ0n) is 27.0. The van der Waals surface area contributed by atoms with Gasteiger partial charge in [0.05, 0.1) is 39.9 Å². The van der Waals surface area contributed by atoms with Crippen molar-refractivity contribution in [2.75, 3.05) is 18.9 Å². The summed E-state index contributed by atoms with van der Waals surface area (Å²) in [6.07, 6.45) is 6.23. The molecule has 254 valence electrons. The van der Waals surface area contributed by atoms with E-state index in [1.54, 1.807) is 25.3 Å². The number of nitrogens with two attached hydrogens (primary N) is 1. The number of aryl methyl sites for hydroxylation is 4. The smallest absolute Gasteiger partial charge is 0.257 e. The first kappa shape index (κ1) is 31.9. The summed E-state index contributed by atoms with van der Waals surface area (Å²) in [6, 6.07) is 12.6. The number of anilines is 1. The molecule has 3 aliphatic heterocycles. The average Bonchev–Trinajstić information content (AvgIpc) is 3.91. The van der Waals surface area contributed by atoms with E-state index in [9.17, 15) is 18.0 Å². The van der Waals surface area contributed by atoms with Gasteiger partial charge in [0.25, 0.3) is 5.91 Å². The van der Waals surface area contributed by atoms with Crippen LogP contribution in [0.1, 0.15) is 64.1 Å². The van der Waals surface area contributed by atoms with Gasteiger partial charge in [-0.2, -0.15) is 0 Å². The molecule has 3 aliphatic rings. The number of amides is 1. The summed E-state index contributed by atoms with van der Waals surface area (Å²) in [5, 5.41) is 9.40. The fourth-order valence-electron chi connectivity index (χ4n) is 7.03. The van der Waals surface area contributed by atoms with Gasteiger partial charge in [0.1, 0.15) is 17.5 Å². The number of rotatable bonds is 5. The molecular formula is C37H31F3N6O3S. The highest BCUT2D eigenvalue weighted by atomic mass is 32.1. The van der Waals surface area contributed by atoms with Crippen LogP contribution in [-0.2, 0) is 19.3 Å². The van der Waals surface area contributed by atoms with E-state index >= 15 is 0 Å². The molecule has 9 rings (SSSR count). The molecule has 2 N–H and O–H groups in total. The van der Waals surface area contributed by atoms with Crippen LogP contribution >= 0.6 is 11.3 Å². The summed E-state index contributed by atoms with van der Waals surface area (Å²) in [7, 11) is 0. The van der Waals surface area contributed by atoms with Crippen molar-refractivity contribution in [2.45, 2.75) is 51.5 Å². The number of hydrogen-bond donors (Lipinski definition) is 1. The van der Waals surface area contributed by atoms with Crippen LogP contribution in [0, 0.1) is 24.4 Å². The van der Waals surface area contributed by atoms with Crippen molar-refractivity contribution in [3.8, 4) is 27.6 Å². The molecule has 1 atom stereocenters. The number of thiophene rings is 1. The maximum atomic E-state index is 13.8. The molecule has 1 fully saturated rings. The highest BCUT2D eigenvalue weighted by Crippen LogP contribution is 2.50. The Hall–Kier alpha value is -5.30.